The minimum atomic E-state index is 0.0668. The van der Waals surface area contributed by atoms with E-state index in [2.05, 4.69) is 15.9 Å². The summed E-state index contributed by atoms with van der Waals surface area (Å²) in [7, 11) is 0. The molecule has 0 aromatic heterocycles. The summed E-state index contributed by atoms with van der Waals surface area (Å²) in [6.45, 7) is 2.72. The summed E-state index contributed by atoms with van der Waals surface area (Å²) in [6.07, 6.45) is 0. The van der Waals surface area contributed by atoms with Crippen molar-refractivity contribution >= 4 is 21.7 Å². The highest BCUT2D eigenvalue weighted by Gasteiger charge is 1.99. The first kappa shape index (κ1) is 11.4. The molecular weight excluding hydrogens is 244 g/mol. The average molecular weight is 257 g/mol. The first-order valence-electron chi connectivity index (χ1n) is 4.43. The normalized spacial score (nSPS) is 10.1. The molecule has 14 heavy (non-hydrogen) atoms. The number of ketones is 1. The van der Waals surface area contributed by atoms with Crippen LogP contribution < -0.4 is 0 Å². The van der Waals surface area contributed by atoms with Crippen molar-refractivity contribution in [3.05, 3.63) is 35.4 Å². The molecule has 0 atom stereocenters. The third-order valence-electron chi connectivity index (χ3n) is 1.80. The van der Waals surface area contributed by atoms with E-state index in [1.54, 1.807) is 0 Å². The first-order chi connectivity index (χ1) is 6.72. The lowest BCUT2D eigenvalue weighted by atomic mass is 10.2. The van der Waals surface area contributed by atoms with E-state index in [0.29, 0.717) is 11.9 Å². The van der Waals surface area contributed by atoms with Crippen LogP contribution in [0.2, 0.25) is 0 Å². The number of rotatable bonds is 5. The van der Waals surface area contributed by atoms with Crippen LogP contribution in [0.1, 0.15) is 11.1 Å². The van der Waals surface area contributed by atoms with Gasteiger partial charge in [0.05, 0.1) is 11.9 Å². The predicted molar refractivity (Wildman–Crippen MR) is 59.6 cm³/mol. The van der Waals surface area contributed by atoms with Gasteiger partial charge in [-0.05, 0) is 12.5 Å². The Morgan fingerprint density at radius 1 is 1.36 bits per heavy atom. The number of carbonyl (C=O) groups is 1. The Kier molecular flexibility index (Phi) is 4.84. The standard InChI is InChI=1S/C11H13BrO2/c1-9-2-4-10(5-3-9)7-14-8-11(13)6-12/h2-5H,6-8H2,1H3. The predicted octanol–water partition coefficient (Wildman–Crippen LogP) is 2.48. The second-order valence-electron chi connectivity index (χ2n) is 3.15. The van der Waals surface area contributed by atoms with Gasteiger partial charge in [-0.25, -0.2) is 0 Å². The third kappa shape index (κ3) is 4.03. The molecule has 1 aromatic rings. The van der Waals surface area contributed by atoms with Crippen LogP contribution in [0.3, 0.4) is 0 Å². The molecule has 0 fully saturated rings. The summed E-state index contributed by atoms with van der Waals surface area (Å²) in [5.74, 6) is 0.0668. The molecular formula is C11H13BrO2. The largest absolute Gasteiger partial charge is 0.369 e. The maximum Gasteiger partial charge on any atom is 0.168 e. The quantitative estimate of drug-likeness (QED) is 0.757. The van der Waals surface area contributed by atoms with Gasteiger partial charge >= 0.3 is 0 Å². The zero-order valence-corrected chi connectivity index (χ0v) is 9.71. The molecule has 0 aliphatic carbocycles. The molecule has 0 spiro atoms. The summed E-state index contributed by atoms with van der Waals surface area (Å²) in [4.78, 5) is 10.9. The number of hydrogen-bond donors (Lipinski definition) is 0. The Morgan fingerprint density at radius 3 is 2.57 bits per heavy atom. The minimum Gasteiger partial charge on any atom is -0.369 e. The Hall–Kier alpha value is -0.670. The maximum absolute atomic E-state index is 10.9. The van der Waals surface area contributed by atoms with Crippen molar-refractivity contribution in [2.45, 2.75) is 13.5 Å². The number of carbonyl (C=O) groups excluding carboxylic acids is 1. The summed E-state index contributed by atoms with van der Waals surface area (Å²) in [6, 6.07) is 8.08. The Morgan fingerprint density at radius 2 is 2.00 bits per heavy atom. The van der Waals surface area contributed by atoms with E-state index in [4.69, 9.17) is 4.74 Å². The van der Waals surface area contributed by atoms with Gasteiger partial charge in [0.2, 0.25) is 0 Å². The zero-order chi connectivity index (χ0) is 10.4. The number of ether oxygens (including phenoxy) is 1. The van der Waals surface area contributed by atoms with Crippen LogP contribution in [0.4, 0.5) is 0 Å². The van der Waals surface area contributed by atoms with Crippen LogP contribution in [-0.2, 0) is 16.1 Å². The van der Waals surface area contributed by atoms with Gasteiger partial charge in [0.1, 0.15) is 6.61 Å². The smallest absolute Gasteiger partial charge is 0.168 e. The second kappa shape index (κ2) is 5.94. The molecule has 0 aliphatic rings. The number of aryl methyl sites for hydroxylation is 1. The lowest BCUT2D eigenvalue weighted by molar-refractivity contribution is -0.121. The molecule has 0 bridgehead atoms. The SMILES string of the molecule is Cc1ccc(COCC(=O)CBr)cc1. The molecule has 0 saturated carbocycles. The Labute approximate surface area is 92.4 Å². The van der Waals surface area contributed by atoms with Crippen LogP contribution in [0.25, 0.3) is 0 Å². The van der Waals surface area contributed by atoms with Gasteiger partial charge in [-0.1, -0.05) is 45.8 Å². The molecule has 0 heterocycles. The van der Waals surface area contributed by atoms with E-state index in [0.717, 1.165) is 5.56 Å². The van der Waals surface area contributed by atoms with Gasteiger partial charge < -0.3 is 4.74 Å². The fourth-order valence-corrected chi connectivity index (χ4v) is 1.17. The number of hydrogen-bond acceptors (Lipinski definition) is 2. The summed E-state index contributed by atoms with van der Waals surface area (Å²) in [5, 5.41) is 0.362. The van der Waals surface area contributed by atoms with Gasteiger partial charge in [-0.2, -0.15) is 0 Å². The third-order valence-corrected chi connectivity index (χ3v) is 2.43. The van der Waals surface area contributed by atoms with Crippen LogP contribution in [0.5, 0.6) is 0 Å². The highest BCUT2D eigenvalue weighted by Crippen LogP contribution is 2.04. The van der Waals surface area contributed by atoms with Crippen LogP contribution >= 0.6 is 15.9 Å². The molecule has 1 rings (SSSR count). The van der Waals surface area contributed by atoms with Crippen LogP contribution in [-0.4, -0.2) is 17.7 Å². The lowest BCUT2D eigenvalue weighted by Gasteiger charge is -2.02. The van der Waals surface area contributed by atoms with Gasteiger partial charge in [-0.3, -0.25) is 4.79 Å². The van der Waals surface area contributed by atoms with Crippen molar-refractivity contribution in [1.82, 2.24) is 0 Å². The average Bonchev–Trinajstić information content (AvgIpc) is 2.21. The molecule has 0 radical (unpaired) electrons. The van der Waals surface area contributed by atoms with E-state index < -0.39 is 0 Å². The molecule has 3 heteroatoms. The van der Waals surface area contributed by atoms with E-state index in [9.17, 15) is 4.79 Å². The highest BCUT2D eigenvalue weighted by atomic mass is 79.9. The van der Waals surface area contributed by atoms with E-state index in [1.807, 2.05) is 31.2 Å². The van der Waals surface area contributed by atoms with E-state index in [-0.39, 0.29) is 12.4 Å². The van der Waals surface area contributed by atoms with Crippen LogP contribution in [0.15, 0.2) is 24.3 Å². The molecule has 0 amide bonds. The van der Waals surface area contributed by atoms with Crippen molar-refractivity contribution in [2.75, 3.05) is 11.9 Å². The second-order valence-corrected chi connectivity index (χ2v) is 3.71. The summed E-state index contributed by atoms with van der Waals surface area (Å²) in [5.41, 5.74) is 2.32. The summed E-state index contributed by atoms with van der Waals surface area (Å²) < 4.78 is 5.23. The molecule has 1 aromatic carbocycles. The van der Waals surface area contributed by atoms with E-state index in [1.165, 1.54) is 5.56 Å². The highest BCUT2D eigenvalue weighted by molar-refractivity contribution is 9.09. The Bertz CT molecular complexity index is 293. The summed E-state index contributed by atoms with van der Waals surface area (Å²) >= 11 is 3.08. The van der Waals surface area contributed by atoms with Gasteiger partial charge in [0.15, 0.2) is 5.78 Å². The van der Waals surface area contributed by atoms with Crippen molar-refractivity contribution in [1.29, 1.82) is 0 Å². The van der Waals surface area contributed by atoms with Crippen molar-refractivity contribution < 1.29 is 9.53 Å². The molecule has 2 nitrogen and oxygen atoms in total. The number of alkyl halides is 1. The fourth-order valence-electron chi connectivity index (χ4n) is 1.01. The minimum absolute atomic E-state index is 0.0668. The molecule has 76 valence electrons. The first-order valence-corrected chi connectivity index (χ1v) is 5.55. The topological polar surface area (TPSA) is 26.3 Å². The lowest BCUT2D eigenvalue weighted by Crippen LogP contribution is -2.09. The molecule has 0 N–H and O–H groups in total. The number of Topliss-reactive ketones (excluding diaryl/α,β-unsaturated/α-hetero) is 1. The van der Waals surface area contributed by atoms with Crippen molar-refractivity contribution in [3.8, 4) is 0 Å². The maximum atomic E-state index is 10.9. The zero-order valence-electron chi connectivity index (χ0n) is 8.13. The van der Waals surface area contributed by atoms with E-state index >= 15 is 0 Å². The van der Waals surface area contributed by atoms with Gasteiger partial charge in [0, 0.05) is 0 Å². The Balaban J connectivity index is 2.31. The van der Waals surface area contributed by atoms with Gasteiger partial charge in [0.25, 0.3) is 0 Å². The fraction of sp³-hybridized carbons (Fsp3) is 0.364. The molecule has 0 unspecified atom stereocenters. The molecule has 0 aliphatic heterocycles. The molecule has 0 saturated heterocycles. The van der Waals surface area contributed by atoms with Gasteiger partial charge in [-0.15, -0.1) is 0 Å². The number of benzene rings is 1. The van der Waals surface area contributed by atoms with Crippen molar-refractivity contribution in [2.24, 2.45) is 0 Å². The monoisotopic (exact) mass is 256 g/mol. The number of halogens is 1. The van der Waals surface area contributed by atoms with Crippen LogP contribution in [0, 0.1) is 6.92 Å². The van der Waals surface area contributed by atoms with Crippen molar-refractivity contribution in [3.63, 3.8) is 0 Å².